The Balaban J connectivity index is 1.77. The minimum absolute atomic E-state index is 0.0475. The average Bonchev–Trinajstić information content (AvgIpc) is 3.01. The van der Waals surface area contributed by atoms with Crippen molar-refractivity contribution in [2.24, 2.45) is 0 Å². The summed E-state index contributed by atoms with van der Waals surface area (Å²) in [5.41, 5.74) is 0. The maximum atomic E-state index is 11.7. The maximum Gasteiger partial charge on any atom is 0.328 e. The lowest BCUT2D eigenvalue weighted by atomic mass is 10.1. The predicted molar refractivity (Wildman–Crippen MR) is 97.7 cm³/mol. The Labute approximate surface area is 147 Å². The molecule has 0 aromatic heterocycles. The van der Waals surface area contributed by atoms with Gasteiger partial charge in [0.25, 0.3) is 0 Å². The second-order valence-electron chi connectivity index (χ2n) is 6.79. The van der Waals surface area contributed by atoms with Crippen LogP contribution in [0.15, 0.2) is 12.7 Å². The van der Waals surface area contributed by atoms with Crippen LogP contribution in [0.4, 0.5) is 0 Å². The lowest BCUT2D eigenvalue weighted by Gasteiger charge is -2.09. The van der Waals surface area contributed by atoms with Gasteiger partial charge < -0.3 is 10.1 Å². The zero-order chi connectivity index (χ0) is 17.5. The van der Waals surface area contributed by atoms with Gasteiger partial charge in [-0.2, -0.15) is 0 Å². The van der Waals surface area contributed by atoms with E-state index in [2.05, 4.69) is 11.9 Å². The fourth-order valence-corrected chi connectivity index (χ4v) is 3.05. The minimum Gasteiger partial charge on any atom is -0.464 e. The van der Waals surface area contributed by atoms with E-state index in [1.54, 1.807) is 0 Å². The second kappa shape index (κ2) is 14.1. The van der Waals surface area contributed by atoms with Crippen molar-refractivity contribution in [2.75, 3.05) is 6.61 Å². The smallest absolute Gasteiger partial charge is 0.328 e. The summed E-state index contributed by atoms with van der Waals surface area (Å²) in [7, 11) is 0. The summed E-state index contributed by atoms with van der Waals surface area (Å²) in [4.78, 5) is 22.7. The molecule has 1 rings (SSSR count). The van der Waals surface area contributed by atoms with E-state index < -0.39 is 6.04 Å². The standard InChI is InChI=1S/C20H35NO3/c1-2-3-4-5-6-7-8-9-10-11-12-13-14-17-24-20(23)18-15-16-19(22)21-18/h2,18H,1,3-17H2,(H,21,22)/t18-/m0/s1. The molecule has 0 saturated carbocycles. The second-order valence-corrected chi connectivity index (χ2v) is 6.79. The van der Waals surface area contributed by atoms with Crippen LogP contribution in [0.5, 0.6) is 0 Å². The summed E-state index contributed by atoms with van der Waals surface area (Å²) < 4.78 is 5.21. The fourth-order valence-electron chi connectivity index (χ4n) is 3.05. The Kier molecular flexibility index (Phi) is 12.1. The van der Waals surface area contributed by atoms with Crippen molar-refractivity contribution in [3.8, 4) is 0 Å². The van der Waals surface area contributed by atoms with Crippen LogP contribution in [0.3, 0.4) is 0 Å². The van der Waals surface area contributed by atoms with Crippen molar-refractivity contribution >= 4 is 11.9 Å². The Morgan fingerprint density at radius 3 is 2.04 bits per heavy atom. The molecule has 1 aliphatic heterocycles. The lowest BCUT2D eigenvalue weighted by molar-refractivity contribution is -0.146. The first-order chi connectivity index (χ1) is 11.7. The fraction of sp³-hybridized carbons (Fsp3) is 0.800. The van der Waals surface area contributed by atoms with E-state index in [4.69, 9.17) is 4.74 Å². The molecule has 24 heavy (non-hydrogen) atoms. The van der Waals surface area contributed by atoms with E-state index in [0.29, 0.717) is 19.4 Å². The van der Waals surface area contributed by atoms with Gasteiger partial charge in [-0.25, -0.2) is 4.79 Å². The molecule has 1 fully saturated rings. The first-order valence-electron chi connectivity index (χ1n) is 9.81. The van der Waals surface area contributed by atoms with Gasteiger partial charge in [-0.1, -0.05) is 63.9 Å². The van der Waals surface area contributed by atoms with Gasteiger partial charge in [0.15, 0.2) is 0 Å². The zero-order valence-electron chi connectivity index (χ0n) is 15.2. The molecule has 0 radical (unpaired) electrons. The highest BCUT2D eigenvalue weighted by Crippen LogP contribution is 2.12. The highest BCUT2D eigenvalue weighted by Gasteiger charge is 2.28. The van der Waals surface area contributed by atoms with Crippen LogP contribution in [0.1, 0.15) is 89.9 Å². The number of amides is 1. The summed E-state index contributed by atoms with van der Waals surface area (Å²) in [6.07, 6.45) is 18.1. The molecule has 0 aromatic rings. The molecule has 0 aromatic carbocycles. The van der Waals surface area contributed by atoms with E-state index >= 15 is 0 Å². The van der Waals surface area contributed by atoms with Crippen LogP contribution < -0.4 is 5.32 Å². The van der Waals surface area contributed by atoms with Crippen LogP contribution in [0.2, 0.25) is 0 Å². The Hall–Kier alpha value is -1.32. The predicted octanol–water partition coefficient (Wildman–Crippen LogP) is 4.68. The van der Waals surface area contributed by atoms with Crippen LogP contribution in [-0.2, 0) is 14.3 Å². The topological polar surface area (TPSA) is 55.4 Å². The van der Waals surface area contributed by atoms with E-state index in [-0.39, 0.29) is 11.9 Å². The van der Waals surface area contributed by atoms with Crippen molar-refractivity contribution in [3.63, 3.8) is 0 Å². The maximum absolute atomic E-state index is 11.7. The summed E-state index contributed by atoms with van der Waals surface area (Å²) in [5, 5.41) is 2.64. The first kappa shape index (κ1) is 20.7. The van der Waals surface area contributed by atoms with Gasteiger partial charge in [-0.05, 0) is 25.7 Å². The van der Waals surface area contributed by atoms with Crippen molar-refractivity contribution in [2.45, 2.75) is 95.9 Å². The Morgan fingerprint density at radius 1 is 1.00 bits per heavy atom. The number of hydrogen-bond acceptors (Lipinski definition) is 3. The van der Waals surface area contributed by atoms with E-state index in [1.165, 1.54) is 57.8 Å². The van der Waals surface area contributed by atoms with Crippen molar-refractivity contribution < 1.29 is 14.3 Å². The van der Waals surface area contributed by atoms with Crippen LogP contribution in [0, 0.1) is 0 Å². The number of allylic oxidation sites excluding steroid dienone is 1. The van der Waals surface area contributed by atoms with E-state index in [1.807, 2.05) is 6.08 Å². The van der Waals surface area contributed by atoms with Gasteiger partial charge in [0.2, 0.25) is 5.91 Å². The summed E-state index contributed by atoms with van der Waals surface area (Å²) in [6.45, 7) is 4.23. The Bertz CT molecular complexity index is 368. The molecule has 138 valence electrons. The molecule has 4 heteroatoms. The lowest BCUT2D eigenvalue weighted by Crippen LogP contribution is -2.34. The van der Waals surface area contributed by atoms with Crippen molar-refractivity contribution in [1.82, 2.24) is 5.32 Å². The highest BCUT2D eigenvalue weighted by atomic mass is 16.5. The zero-order valence-corrected chi connectivity index (χ0v) is 15.2. The van der Waals surface area contributed by atoms with Crippen molar-refractivity contribution in [3.05, 3.63) is 12.7 Å². The highest BCUT2D eigenvalue weighted by molar-refractivity contribution is 5.87. The molecular formula is C20H35NO3. The largest absolute Gasteiger partial charge is 0.464 e. The molecule has 4 nitrogen and oxygen atoms in total. The number of carbonyl (C=O) groups is 2. The number of esters is 1. The SMILES string of the molecule is C=CCCCCCCCCCCCCCOC(=O)[C@@H]1CCC(=O)N1. The van der Waals surface area contributed by atoms with Gasteiger partial charge in [0.05, 0.1) is 6.61 Å². The number of carbonyl (C=O) groups excluding carboxylic acids is 2. The molecular weight excluding hydrogens is 302 g/mol. The molecule has 1 aliphatic rings. The number of hydrogen-bond donors (Lipinski definition) is 1. The molecule has 0 spiro atoms. The third-order valence-electron chi connectivity index (χ3n) is 4.58. The minimum atomic E-state index is -0.408. The van der Waals surface area contributed by atoms with E-state index in [9.17, 15) is 9.59 Å². The third kappa shape index (κ3) is 10.5. The van der Waals surface area contributed by atoms with Gasteiger partial charge in [0.1, 0.15) is 6.04 Å². The van der Waals surface area contributed by atoms with Crippen LogP contribution in [0.25, 0.3) is 0 Å². The molecule has 0 bridgehead atoms. The third-order valence-corrected chi connectivity index (χ3v) is 4.58. The van der Waals surface area contributed by atoms with Crippen molar-refractivity contribution in [1.29, 1.82) is 0 Å². The van der Waals surface area contributed by atoms with Gasteiger partial charge in [-0.3, -0.25) is 4.79 Å². The van der Waals surface area contributed by atoms with Gasteiger partial charge in [-0.15, -0.1) is 6.58 Å². The van der Waals surface area contributed by atoms with Gasteiger partial charge in [0, 0.05) is 6.42 Å². The van der Waals surface area contributed by atoms with Crippen LogP contribution in [-0.4, -0.2) is 24.5 Å². The molecule has 0 aliphatic carbocycles. The molecule has 1 heterocycles. The monoisotopic (exact) mass is 337 g/mol. The normalized spacial score (nSPS) is 16.8. The number of ether oxygens (including phenoxy) is 1. The molecule has 1 amide bonds. The average molecular weight is 338 g/mol. The summed E-state index contributed by atoms with van der Waals surface area (Å²) in [5.74, 6) is -0.317. The molecule has 0 unspecified atom stereocenters. The molecule has 1 saturated heterocycles. The summed E-state index contributed by atoms with van der Waals surface area (Å²) in [6, 6.07) is -0.408. The first-order valence-corrected chi connectivity index (χ1v) is 9.81. The molecule has 1 atom stereocenters. The number of nitrogens with one attached hydrogen (secondary N) is 1. The Morgan fingerprint density at radius 2 is 1.54 bits per heavy atom. The number of unbranched alkanes of at least 4 members (excludes halogenated alkanes) is 11. The molecule has 1 N–H and O–H groups in total. The van der Waals surface area contributed by atoms with Crippen LogP contribution >= 0.6 is 0 Å². The number of rotatable bonds is 15. The quantitative estimate of drug-likeness (QED) is 0.268. The summed E-state index contributed by atoms with van der Waals surface area (Å²) >= 11 is 0. The van der Waals surface area contributed by atoms with E-state index in [0.717, 1.165) is 19.3 Å². The van der Waals surface area contributed by atoms with Gasteiger partial charge >= 0.3 is 5.97 Å².